The molecule has 0 atom stereocenters. The predicted molar refractivity (Wildman–Crippen MR) is 98.8 cm³/mol. The monoisotopic (exact) mass is 337 g/mol. The number of hydrogen-bond donors (Lipinski definition) is 1. The first-order valence-corrected chi connectivity index (χ1v) is 9.08. The number of imidazole rings is 1. The first-order chi connectivity index (χ1) is 11.6. The zero-order valence-electron chi connectivity index (χ0n) is 13.8. The van der Waals surface area contributed by atoms with Crippen molar-refractivity contribution in [1.29, 1.82) is 0 Å². The van der Waals surface area contributed by atoms with Crippen molar-refractivity contribution in [3.05, 3.63) is 53.1 Å². The average Bonchev–Trinajstić information content (AvgIpc) is 3.17. The van der Waals surface area contributed by atoms with Crippen molar-refractivity contribution in [2.24, 2.45) is 0 Å². The quantitative estimate of drug-likeness (QED) is 0.738. The lowest BCUT2D eigenvalue weighted by Gasteiger charge is -2.16. The summed E-state index contributed by atoms with van der Waals surface area (Å²) < 4.78 is 0. The van der Waals surface area contributed by atoms with Crippen LogP contribution in [0.2, 0.25) is 0 Å². The fraction of sp³-hybridized carbons (Fsp3) is 0.263. The minimum Gasteiger partial charge on any atom is -0.333 e. The lowest BCUT2D eigenvalue weighted by Crippen LogP contribution is -2.30. The van der Waals surface area contributed by atoms with Crippen LogP contribution in [0.15, 0.2) is 41.6 Å². The lowest BCUT2D eigenvalue weighted by molar-refractivity contribution is -0.116. The first kappa shape index (κ1) is 15.3. The molecule has 0 aliphatic carbocycles. The van der Waals surface area contributed by atoms with Gasteiger partial charge in [-0.1, -0.05) is 30.0 Å². The Bertz CT molecular complexity index is 893. The number of nitrogens with one attached hydrogen (secondary N) is 1. The molecule has 0 spiro atoms. The Hall–Kier alpha value is -2.27. The fourth-order valence-electron chi connectivity index (χ4n) is 3.12. The molecule has 4 rings (SSSR count). The molecule has 0 radical (unpaired) electrons. The van der Waals surface area contributed by atoms with Crippen molar-refractivity contribution in [2.45, 2.75) is 25.4 Å². The van der Waals surface area contributed by atoms with E-state index in [4.69, 9.17) is 0 Å². The third kappa shape index (κ3) is 2.69. The van der Waals surface area contributed by atoms with Crippen LogP contribution in [0.3, 0.4) is 0 Å². The maximum absolute atomic E-state index is 12.6. The number of aromatic nitrogens is 2. The molecule has 0 bridgehead atoms. The van der Waals surface area contributed by atoms with Crippen molar-refractivity contribution in [3.8, 4) is 0 Å². The summed E-state index contributed by atoms with van der Waals surface area (Å²) in [5.74, 6) is 0.532. The molecule has 2 aromatic carbocycles. The molecule has 5 heteroatoms. The topological polar surface area (TPSA) is 49.0 Å². The van der Waals surface area contributed by atoms with Gasteiger partial charge >= 0.3 is 0 Å². The molecule has 0 unspecified atom stereocenters. The highest BCUT2D eigenvalue weighted by Gasteiger charge is 2.24. The van der Waals surface area contributed by atoms with Gasteiger partial charge in [0.2, 0.25) is 5.91 Å². The van der Waals surface area contributed by atoms with Crippen molar-refractivity contribution in [2.75, 3.05) is 17.2 Å². The summed E-state index contributed by atoms with van der Waals surface area (Å²) in [7, 11) is 0. The third-order valence-electron chi connectivity index (χ3n) is 4.60. The SMILES string of the molecule is Cc1cc2nc(SCC(=O)N3CCc4ccccc43)[nH]c2cc1C. The molecule has 3 aromatic rings. The number of anilines is 1. The molecule has 1 amide bonds. The van der Waals surface area contributed by atoms with E-state index in [9.17, 15) is 4.79 Å². The summed E-state index contributed by atoms with van der Waals surface area (Å²) in [4.78, 5) is 22.4. The van der Waals surface area contributed by atoms with Gasteiger partial charge in [0, 0.05) is 12.2 Å². The van der Waals surface area contributed by atoms with Gasteiger partial charge in [-0.25, -0.2) is 4.98 Å². The van der Waals surface area contributed by atoms with E-state index in [1.54, 1.807) is 0 Å². The van der Waals surface area contributed by atoms with E-state index in [0.29, 0.717) is 5.75 Å². The van der Waals surface area contributed by atoms with Crippen LogP contribution in [-0.2, 0) is 11.2 Å². The molecule has 0 saturated heterocycles. The van der Waals surface area contributed by atoms with Crippen LogP contribution in [-0.4, -0.2) is 28.2 Å². The van der Waals surface area contributed by atoms with Crippen LogP contribution in [0, 0.1) is 13.8 Å². The summed E-state index contributed by atoms with van der Waals surface area (Å²) in [6.07, 6.45) is 0.940. The van der Waals surface area contributed by atoms with Gasteiger partial charge in [-0.3, -0.25) is 4.79 Å². The molecular weight excluding hydrogens is 318 g/mol. The zero-order valence-corrected chi connectivity index (χ0v) is 14.6. The van der Waals surface area contributed by atoms with Crippen molar-refractivity contribution >= 4 is 34.4 Å². The van der Waals surface area contributed by atoms with E-state index in [-0.39, 0.29) is 5.91 Å². The van der Waals surface area contributed by atoms with Gasteiger partial charge in [0.15, 0.2) is 5.16 Å². The zero-order chi connectivity index (χ0) is 16.7. The summed E-state index contributed by atoms with van der Waals surface area (Å²) in [5, 5.41) is 0.802. The van der Waals surface area contributed by atoms with Crippen molar-refractivity contribution in [3.63, 3.8) is 0 Å². The smallest absolute Gasteiger partial charge is 0.237 e. The van der Waals surface area contributed by atoms with Crippen LogP contribution in [0.25, 0.3) is 11.0 Å². The van der Waals surface area contributed by atoms with Crippen LogP contribution in [0.5, 0.6) is 0 Å². The average molecular weight is 337 g/mol. The summed E-state index contributed by atoms with van der Waals surface area (Å²) in [6.45, 7) is 4.96. The molecule has 24 heavy (non-hydrogen) atoms. The first-order valence-electron chi connectivity index (χ1n) is 8.10. The largest absolute Gasteiger partial charge is 0.333 e. The number of thioether (sulfide) groups is 1. The Morgan fingerprint density at radius 1 is 1.25 bits per heavy atom. The summed E-state index contributed by atoms with van der Waals surface area (Å²) in [6, 6.07) is 12.3. The number of aromatic amines is 1. The Labute approximate surface area is 145 Å². The number of para-hydroxylation sites is 1. The maximum Gasteiger partial charge on any atom is 0.237 e. The van der Waals surface area contributed by atoms with Gasteiger partial charge in [-0.05, 0) is 55.2 Å². The highest BCUT2D eigenvalue weighted by molar-refractivity contribution is 7.99. The number of rotatable bonds is 3. The van der Waals surface area contributed by atoms with Gasteiger partial charge < -0.3 is 9.88 Å². The molecular formula is C19H19N3OS. The Morgan fingerprint density at radius 3 is 2.92 bits per heavy atom. The summed E-state index contributed by atoms with van der Waals surface area (Å²) >= 11 is 1.47. The van der Waals surface area contributed by atoms with Crippen molar-refractivity contribution < 1.29 is 4.79 Å². The molecule has 1 N–H and O–H groups in total. The molecule has 1 aromatic heterocycles. The third-order valence-corrected chi connectivity index (χ3v) is 5.45. The van der Waals surface area contributed by atoms with Crippen LogP contribution < -0.4 is 4.90 Å². The highest BCUT2D eigenvalue weighted by atomic mass is 32.2. The standard InChI is InChI=1S/C19H19N3OS/c1-12-9-15-16(10-13(12)2)21-19(20-15)24-11-18(23)22-8-7-14-5-3-4-6-17(14)22/h3-6,9-10H,7-8,11H2,1-2H3,(H,20,21). The number of nitrogens with zero attached hydrogens (tertiary/aromatic N) is 2. The molecule has 122 valence electrons. The van der Waals surface area contributed by atoms with Crippen LogP contribution in [0.1, 0.15) is 16.7 Å². The number of amides is 1. The molecule has 4 nitrogen and oxygen atoms in total. The number of fused-ring (bicyclic) bond motifs is 2. The lowest BCUT2D eigenvalue weighted by atomic mass is 10.1. The van der Waals surface area contributed by atoms with Gasteiger partial charge in [0.25, 0.3) is 0 Å². The normalized spacial score (nSPS) is 13.5. The minimum absolute atomic E-state index is 0.137. The molecule has 1 aliphatic rings. The Morgan fingerprint density at radius 2 is 2.04 bits per heavy atom. The van der Waals surface area contributed by atoms with E-state index in [1.165, 1.54) is 28.5 Å². The summed E-state index contributed by atoms with van der Waals surface area (Å²) in [5.41, 5.74) is 6.77. The van der Waals surface area contributed by atoms with Gasteiger partial charge in [-0.15, -0.1) is 0 Å². The van der Waals surface area contributed by atoms with E-state index >= 15 is 0 Å². The van der Waals surface area contributed by atoms with Gasteiger partial charge in [-0.2, -0.15) is 0 Å². The van der Waals surface area contributed by atoms with Crippen LogP contribution >= 0.6 is 11.8 Å². The fourth-order valence-corrected chi connectivity index (χ4v) is 3.88. The van der Waals surface area contributed by atoms with Gasteiger partial charge in [0.05, 0.1) is 16.8 Å². The maximum atomic E-state index is 12.6. The number of carbonyl (C=O) groups excluding carboxylic acids is 1. The second kappa shape index (κ2) is 5.98. The Kier molecular flexibility index (Phi) is 3.81. The van der Waals surface area contributed by atoms with E-state index in [2.05, 4.69) is 42.0 Å². The van der Waals surface area contributed by atoms with E-state index in [1.807, 2.05) is 23.1 Å². The van der Waals surface area contributed by atoms with E-state index < -0.39 is 0 Å². The Balaban J connectivity index is 1.48. The molecule has 0 saturated carbocycles. The van der Waals surface area contributed by atoms with Crippen LogP contribution in [0.4, 0.5) is 5.69 Å². The number of benzene rings is 2. The molecule has 2 heterocycles. The number of hydrogen-bond acceptors (Lipinski definition) is 3. The molecule has 0 fully saturated rings. The van der Waals surface area contributed by atoms with E-state index in [0.717, 1.165) is 34.8 Å². The highest BCUT2D eigenvalue weighted by Crippen LogP contribution is 2.29. The minimum atomic E-state index is 0.137. The number of H-pyrrole nitrogens is 1. The second-order valence-electron chi connectivity index (χ2n) is 6.21. The van der Waals surface area contributed by atoms with Crippen molar-refractivity contribution in [1.82, 2.24) is 9.97 Å². The number of aryl methyl sites for hydroxylation is 2. The second-order valence-corrected chi connectivity index (χ2v) is 7.17. The number of carbonyl (C=O) groups is 1. The molecule has 1 aliphatic heterocycles. The predicted octanol–water partition coefficient (Wildman–Crippen LogP) is 3.86. The van der Waals surface area contributed by atoms with Gasteiger partial charge in [0.1, 0.15) is 0 Å².